The predicted octanol–water partition coefficient (Wildman–Crippen LogP) is 3.16. The Labute approximate surface area is 111 Å². The van der Waals surface area contributed by atoms with Gasteiger partial charge in [0.1, 0.15) is 5.69 Å². The van der Waals surface area contributed by atoms with Crippen LogP contribution >= 0.6 is 0 Å². The molecule has 98 valence electrons. The van der Waals surface area contributed by atoms with Crippen molar-refractivity contribution in [1.29, 1.82) is 0 Å². The molecule has 19 heavy (non-hydrogen) atoms. The topological polar surface area (TPSA) is 68.1 Å². The maximum absolute atomic E-state index is 11.0. The summed E-state index contributed by atoms with van der Waals surface area (Å²) < 4.78 is 0. The highest BCUT2D eigenvalue weighted by atomic mass is 16.6. The van der Waals surface area contributed by atoms with Gasteiger partial charge < -0.3 is 5.32 Å². The Hall–Kier alpha value is -2.43. The molecule has 0 unspecified atom stereocenters. The van der Waals surface area contributed by atoms with Crippen LogP contribution in [-0.2, 0) is 13.0 Å². The molecule has 2 rings (SSSR count). The van der Waals surface area contributed by atoms with Crippen molar-refractivity contribution in [3.8, 4) is 0 Å². The highest BCUT2D eigenvalue weighted by Crippen LogP contribution is 2.26. The van der Waals surface area contributed by atoms with Crippen LogP contribution < -0.4 is 5.32 Å². The molecule has 2 aromatic rings. The van der Waals surface area contributed by atoms with Gasteiger partial charge in [0, 0.05) is 25.0 Å². The molecule has 1 heterocycles. The minimum Gasteiger partial charge on any atom is -0.375 e. The summed E-state index contributed by atoms with van der Waals surface area (Å²) in [5.74, 6) is 0. The Morgan fingerprint density at radius 3 is 2.79 bits per heavy atom. The Balaban J connectivity index is 2.20. The summed E-state index contributed by atoms with van der Waals surface area (Å²) in [5, 5.41) is 14.1. The second kappa shape index (κ2) is 5.95. The second-order valence-corrected chi connectivity index (χ2v) is 4.18. The van der Waals surface area contributed by atoms with Crippen molar-refractivity contribution >= 4 is 11.4 Å². The van der Waals surface area contributed by atoms with E-state index in [4.69, 9.17) is 0 Å². The number of aryl methyl sites for hydroxylation is 1. The first-order valence-electron chi connectivity index (χ1n) is 6.10. The monoisotopic (exact) mass is 257 g/mol. The van der Waals surface area contributed by atoms with Crippen LogP contribution in [-0.4, -0.2) is 9.91 Å². The predicted molar refractivity (Wildman–Crippen MR) is 74.0 cm³/mol. The molecule has 0 saturated heterocycles. The maximum atomic E-state index is 11.0. The van der Waals surface area contributed by atoms with Crippen molar-refractivity contribution in [1.82, 2.24) is 4.98 Å². The van der Waals surface area contributed by atoms with E-state index in [1.165, 1.54) is 0 Å². The van der Waals surface area contributed by atoms with Gasteiger partial charge in [0.25, 0.3) is 5.69 Å². The zero-order valence-corrected chi connectivity index (χ0v) is 10.7. The summed E-state index contributed by atoms with van der Waals surface area (Å²) >= 11 is 0. The summed E-state index contributed by atoms with van der Waals surface area (Å²) in [4.78, 5) is 14.6. The van der Waals surface area contributed by atoms with E-state index in [0.717, 1.165) is 17.5 Å². The molecule has 0 radical (unpaired) electrons. The number of nitrogens with zero attached hydrogens (tertiary/aromatic N) is 2. The van der Waals surface area contributed by atoms with Crippen LogP contribution in [0, 0.1) is 10.1 Å². The summed E-state index contributed by atoms with van der Waals surface area (Å²) in [6.07, 6.45) is 4.28. The van der Waals surface area contributed by atoms with Crippen molar-refractivity contribution in [2.75, 3.05) is 5.32 Å². The molecule has 0 aliphatic heterocycles. The molecule has 0 aliphatic rings. The number of nitro groups is 1. The average Bonchev–Trinajstić information content (AvgIpc) is 2.45. The Bertz CT molecular complexity index is 570. The number of benzene rings is 1. The number of pyridine rings is 1. The van der Waals surface area contributed by atoms with Gasteiger partial charge in [-0.2, -0.15) is 0 Å². The number of hydrogen-bond acceptors (Lipinski definition) is 4. The average molecular weight is 257 g/mol. The van der Waals surface area contributed by atoms with Gasteiger partial charge >= 0.3 is 0 Å². The minimum absolute atomic E-state index is 0.0982. The molecule has 0 saturated carbocycles. The van der Waals surface area contributed by atoms with Crippen LogP contribution in [0.4, 0.5) is 11.4 Å². The summed E-state index contributed by atoms with van der Waals surface area (Å²) in [5.41, 5.74) is 2.70. The Morgan fingerprint density at radius 2 is 2.16 bits per heavy atom. The van der Waals surface area contributed by atoms with Gasteiger partial charge in [0.05, 0.1) is 4.92 Å². The third-order valence-corrected chi connectivity index (χ3v) is 2.87. The lowest BCUT2D eigenvalue weighted by molar-refractivity contribution is -0.384. The lowest BCUT2D eigenvalue weighted by atomic mass is 10.1. The van der Waals surface area contributed by atoms with Crippen molar-refractivity contribution < 1.29 is 4.92 Å². The van der Waals surface area contributed by atoms with Crippen LogP contribution in [0.2, 0.25) is 0 Å². The van der Waals surface area contributed by atoms with Gasteiger partial charge in [-0.3, -0.25) is 15.1 Å². The van der Waals surface area contributed by atoms with Gasteiger partial charge in [-0.1, -0.05) is 19.1 Å². The van der Waals surface area contributed by atoms with E-state index in [2.05, 4.69) is 10.3 Å². The zero-order chi connectivity index (χ0) is 13.7. The Kier molecular flexibility index (Phi) is 4.07. The quantitative estimate of drug-likeness (QED) is 0.660. The van der Waals surface area contributed by atoms with E-state index >= 15 is 0 Å². The fourth-order valence-corrected chi connectivity index (χ4v) is 1.80. The van der Waals surface area contributed by atoms with Gasteiger partial charge in [-0.15, -0.1) is 0 Å². The summed E-state index contributed by atoms with van der Waals surface area (Å²) in [6, 6.07) is 8.93. The first-order chi connectivity index (χ1) is 9.20. The molecule has 0 bridgehead atoms. The van der Waals surface area contributed by atoms with Gasteiger partial charge in [-0.05, 0) is 29.7 Å². The van der Waals surface area contributed by atoms with E-state index in [1.807, 2.05) is 25.1 Å². The highest BCUT2D eigenvalue weighted by molar-refractivity contribution is 5.62. The van der Waals surface area contributed by atoms with Gasteiger partial charge in [0.15, 0.2) is 0 Å². The number of aromatic nitrogens is 1. The largest absolute Gasteiger partial charge is 0.375 e. The molecule has 1 N–H and O–H groups in total. The van der Waals surface area contributed by atoms with Crippen molar-refractivity contribution in [3.63, 3.8) is 0 Å². The SMILES string of the molecule is CCc1ccc([N+](=O)[O-])c(NCc2cccnc2)c1. The standard InChI is InChI=1S/C14H15N3O2/c1-2-11-5-6-14(17(18)19)13(8-11)16-10-12-4-3-7-15-9-12/h3-9,16H,2,10H2,1H3. The third-order valence-electron chi connectivity index (χ3n) is 2.87. The van der Waals surface area contributed by atoms with E-state index in [9.17, 15) is 10.1 Å². The lowest BCUT2D eigenvalue weighted by Gasteiger charge is -2.08. The lowest BCUT2D eigenvalue weighted by Crippen LogP contribution is -2.03. The van der Waals surface area contributed by atoms with Crippen LogP contribution in [0.1, 0.15) is 18.1 Å². The normalized spacial score (nSPS) is 10.2. The molecule has 5 nitrogen and oxygen atoms in total. The van der Waals surface area contributed by atoms with Crippen LogP contribution in [0.15, 0.2) is 42.7 Å². The molecule has 1 aromatic heterocycles. The number of nitrogens with one attached hydrogen (secondary N) is 1. The third kappa shape index (κ3) is 3.28. The molecule has 0 amide bonds. The number of nitro benzene ring substituents is 1. The second-order valence-electron chi connectivity index (χ2n) is 4.18. The van der Waals surface area contributed by atoms with E-state index in [-0.39, 0.29) is 10.6 Å². The molecular weight excluding hydrogens is 242 g/mol. The maximum Gasteiger partial charge on any atom is 0.292 e. The van der Waals surface area contributed by atoms with Crippen LogP contribution in [0.3, 0.4) is 0 Å². The molecule has 0 spiro atoms. The molecule has 1 aromatic carbocycles. The van der Waals surface area contributed by atoms with E-state index < -0.39 is 0 Å². The Morgan fingerprint density at radius 1 is 1.32 bits per heavy atom. The summed E-state index contributed by atoms with van der Waals surface area (Å²) in [6.45, 7) is 2.54. The van der Waals surface area contributed by atoms with Crippen molar-refractivity contribution in [3.05, 3.63) is 64.0 Å². The first-order valence-corrected chi connectivity index (χ1v) is 6.10. The van der Waals surface area contributed by atoms with E-state index in [0.29, 0.717) is 12.2 Å². The summed E-state index contributed by atoms with van der Waals surface area (Å²) in [7, 11) is 0. The zero-order valence-electron chi connectivity index (χ0n) is 10.7. The van der Waals surface area contributed by atoms with Crippen LogP contribution in [0.5, 0.6) is 0 Å². The minimum atomic E-state index is -0.370. The number of rotatable bonds is 5. The smallest absolute Gasteiger partial charge is 0.292 e. The van der Waals surface area contributed by atoms with Gasteiger partial charge in [0.2, 0.25) is 0 Å². The molecule has 0 atom stereocenters. The number of anilines is 1. The van der Waals surface area contributed by atoms with Crippen molar-refractivity contribution in [2.45, 2.75) is 19.9 Å². The van der Waals surface area contributed by atoms with Crippen molar-refractivity contribution in [2.24, 2.45) is 0 Å². The fraction of sp³-hybridized carbons (Fsp3) is 0.214. The fourth-order valence-electron chi connectivity index (χ4n) is 1.80. The number of hydrogen-bond donors (Lipinski definition) is 1. The van der Waals surface area contributed by atoms with Gasteiger partial charge in [-0.25, -0.2) is 0 Å². The first kappa shape index (κ1) is 13.0. The van der Waals surface area contributed by atoms with Crippen LogP contribution in [0.25, 0.3) is 0 Å². The molecule has 0 aliphatic carbocycles. The molecule has 0 fully saturated rings. The highest BCUT2D eigenvalue weighted by Gasteiger charge is 2.13. The molecule has 5 heteroatoms. The molecular formula is C14H15N3O2. The van der Waals surface area contributed by atoms with E-state index in [1.54, 1.807) is 24.5 Å².